The van der Waals surface area contributed by atoms with Crippen molar-refractivity contribution in [3.05, 3.63) is 50.6 Å². The van der Waals surface area contributed by atoms with Crippen molar-refractivity contribution in [3.8, 4) is 0 Å². The highest BCUT2D eigenvalue weighted by molar-refractivity contribution is 6.05. The van der Waals surface area contributed by atoms with Gasteiger partial charge in [0, 0.05) is 37.3 Å². The molecule has 0 fully saturated rings. The van der Waals surface area contributed by atoms with Gasteiger partial charge in [0.25, 0.3) is 11.4 Å². The zero-order valence-corrected chi connectivity index (χ0v) is 10.4. The molecule has 0 heterocycles. The second-order valence-corrected chi connectivity index (χ2v) is 4.21. The minimum atomic E-state index is -0.602. The Balaban J connectivity index is 2.97. The molecule has 0 saturated heterocycles. The Morgan fingerprint density at radius 1 is 0.947 bits per heavy atom. The molecule has 0 aliphatic heterocycles. The monoisotopic (exact) mass is 261 g/mol. The van der Waals surface area contributed by atoms with Gasteiger partial charge in [-0.3, -0.25) is 20.2 Å². The maximum atomic E-state index is 11.0. The molecule has 0 N–H and O–H groups in total. The van der Waals surface area contributed by atoms with Crippen LogP contribution >= 0.6 is 0 Å². The summed E-state index contributed by atoms with van der Waals surface area (Å²) in [4.78, 5) is 22.6. The number of nitrogens with zero attached hydrogens (tertiary/aromatic N) is 3. The number of non-ortho nitro benzene ring substituents is 2. The summed E-state index contributed by atoms with van der Waals surface area (Å²) in [7, 11) is 3.55. The van der Waals surface area contributed by atoms with Gasteiger partial charge in [-0.1, -0.05) is 12.1 Å². The van der Waals surface area contributed by atoms with Crippen LogP contribution in [0, 0.1) is 20.2 Å². The predicted molar refractivity (Wildman–Crippen MR) is 71.6 cm³/mol. The van der Waals surface area contributed by atoms with E-state index in [1.54, 1.807) is 31.1 Å². The van der Waals surface area contributed by atoms with Crippen LogP contribution in [0.3, 0.4) is 0 Å². The normalized spacial score (nSPS) is 10.4. The van der Waals surface area contributed by atoms with Gasteiger partial charge in [0.05, 0.1) is 9.85 Å². The van der Waals surface area contributed by atoms with Crippen molar-refractivity contribution in [1.29, 1.82) is 0 Å². The first-order valence-corrected chi connectivity index (χ1v) is 5.45. The first kappa shape index (κ1) is 12.7. The topological polar surface area (TPSA) is 89.5 Å². The molecule has 7 heteroatoms. The van der Waals surface area contributed by atoms with E-state index in [2.05, 4.69) is 0 Å². The Morgan fingerprint density at radius 3 is 2.05 bits per heavy atom. The summed E-state index contributed by atoms with van der Waals surface area (Å²) in [5.74, 6) is 0. The maximum Gasteiger partial charge on any atom is 0.284 e. The fourth-order valence-corrected chi connectivity index (χ4v) is 2.05. The van der Waals surface area contributed by atoms with Crippen LogP contribution in [-0.2, 0) is 0 Å². The number of anilines is 1. The van der Waals surface area contributed by atoms with E-state index >= 15 is 0 Å². The molecule has 0 radical (unpaired) electrons. The Hall–Kier alpha value is -2.70. The molecule has 2 rings (SSSR count). The van der Waals surface area contributed by atoms with E-state index < -0.39 is 9.85 Å². The van der Waals surface area contributed by atoms with E-state index in [0.717, 1.165) is 0 Å². The number of nitro benzene ring substituents is 2. The van der Waals surface area contributed by atoms with Crippen molar-refractivity contribution in [2.75, 3.05) is 19.0 Å². The zero-order valence-electron chi connectivity index (χ0n) is 10.4. The van der Waals surface area contributed by atoms with Gasteiger partial charge in [-0.25, -0.2) is 0 Å². The lowest BCUT2D eigenvalue weighted by atomic mass is 10.0. The van der Waals surface area contributed by atoms with E-state index in [-0.39, 0.29) is 16.8 Å². The van der Waals surface area contributed by atoms with Crippen LogP contribution in [0.4, 0.5) is 17.1 Å². The molecule has 7 nitrogen and oxygen atoms in total. The fourth-order valence-electron chi connectivity index (χ4n) is 2.05. The summed E-state index contributed by atoms with van der Waals surface area (Å²) in [6.45, 7) is 0. The molecule has 0 aromatic heterocycles. The highest BCUT2D eigenvalue weighted by atomic mass is 16.6. The Labute approximate surface area is 108 Å². The summed E-state index contributed by atoms with van der Waals surface area (Å²) in [6, 6.07) is 7.32. The molecule has 0 spiro atoms. The number of hydrogen-bond donors (Lipinski definition) is 0. The van der Waals surface area contributed by atoms with Gasteiger partial charge in [-0.2, -0.15) is 0 Å². The molecule has 0 aliphatic carbocycles. The van der Waals surface area contributed by atoms with E-state index in [4.69, 9.17) is 0 Å². The number of fused-ring (bicyclic) bond motifs is 1. The molecule has 0 unspecified atom stereocenters. The van der Waals surface area contributed by atoms with Crippen LogP contribution in [-0.4, -0.2) is 23.9 Å². The average Bonchev–Trinajstić information content (AvgIpc) is 2.35. The maximum absolute atomic E-state index is 11.0. The van der Waals surface area contributed by atoms with E-state index in [1.165, 1.54) is 18.2 Å². The highest BCUT2D eigenvalue weighted by Gasteiger charge is 2.23. The molecule has 2 aromatic carbocycles. The van der Waals surface area contributed by atoms with Gasteiger partial charge < -0.3 is 4.90 Å². The SMILES string of the molecule is CN(C)c1ccc([N+](=O)[O-])c2c([N+](=O)[O-])cccc12. The van der Waals surface area contributed by atoms with E-state index in [0.29, 0.717) is 11.1 Å². The van der Waals surface area contributed by atoms with Gasteiger partial charge in [0.1, 0.15) is 5.39 Å². The third-order valence-corrected chi connectivity index (χ3v) is 2.85. The van der Waals surface area contributed by atoms with E-state index in [9.17, 15) is 20.2 Å². The van der Waals surface area contributed by atoms with Gasteiger partial charge in [-0.05, 0) is 6.07 Å². The minimum Gasteiger partial charge on any atom is -0.377 e. The second-order valence-electron chi connectivity index (χ2n) is 4.21. The molecule has 19 heavy (non-hydrogen) atoms. The molecule has 0 amide bonds. The molecule has 0 bridgehead atoms. The first-order chi connectivity index (χ1) is 8.93. The van der Waals surface area contributed by atoms with Crippen molar-refractivity contribution in [2.45, 2.75) is 0 Å². The van der Waals surface area contributed by atoms with Gasteiger partial charge in [0.2, 0.25) is 0 Å². The largest absolute Gasteiger partial charge is 0.377 e. The molecular weight excluding hydrogens is 250 g/mol. The van der Waals surface area contributed by atoms with Crippen molar-refractivity contribution in [3.63, 3.8) is 0 Å². The zero-order chi connectivity index (χ0) is 14.2. The van der Waals surface area contributed by atoms with E-state index in [1.807, 2.05) is 0 Å². The predicted octanol–water partition coefficient (Wildman–Crippen LogP) is 2.72. The summed E-state index contributed by atoms with van der Waals surface area (Å²) in [5.41, 5.74) is 0.185. The van der Waals surface area contributed by atoms with Crippen LogP contribution in [0.2, 0.25) is 0 Å². The second kappa shape index (κ2) is 4.52. The van der Waals surface area contributed by atoms with Crippen molar-refractivity contribution >= 4 is 27.8 Å². The quantitative estimate of drug-likeness (QED) is 0.626. The lowest BCUT2D eigenvalue weighted by Crippen LogP contribution is -2.09. The summed E-state index contributed by atoms with van der Waals surface area (Å²) in [6.07, 6.45) is 0. The summed E-state index contributed by atoms with van der Waals surface area (Å²) in [5, 5.41) is 22.6. The van der Waals surface area contributed by atoms with Crippen LogP contribution in [0.5, 0.6) is 0 Å². The number of hydrogen-bond acceptors (Lipinski definition) is 5. The lowest BCUT2D eigenvalue weighted by Gasteiger charge is -2.15. The molecule has 0 saturated carbocycles. The van der Waals surface area contributed by atoms with Crippen LogP contribution in [0.25, 0.3) is 10.8 Å². The minimum absolute atomic E-state index is 0.0590. The smallest absolute Gasteiger partial charge is 0.284 e. The van der Waals surface area contributed by atoms with Crippen molar-refractivity contribution < 1.29 is 9.85 Å². The third-order valence-electron chi connectivity index (χ3n) is 2.85. The Bertz CT molecular complexity index is 662. The standard InChI is InChI=1S/C12H11N3O4/c1-13(2)9-6-7-11(15(18)19)12-8(9)4-3-5-10(12)14(16)17/h3-7H,1-2H3. The first-order valence-electron chi connectivity index (χ1n) is 5.45. The summed E-state index contributed by atoms with van der Waals surface area (Å²) >= 11 is 0. The van der Waals surface area contributed by atoms with Gasteiger partial charge in [0.15, 0.2) is 0 Å². The number of rotatable bonds is 3. The number of nitro groups is 2. The van der Waals surface area contributed by atoms with Crippen LogP contribution in [0.15, 0.2) is 30.3 Å². The molecule has 2 aromatic rings. The van der Waals surface area contributed by atoms with Crippen molar-refractivity contribution in [2.24, 2.45) is 0 Å². The van der Waals surface area contributed by atoms with Crippen LogP contribution < -0.4 is 4.90 Å². The Morgan fingerprint density at radius 2 is 1.53 bits per heavy atom. The molecule has 98 valence electrons. The van der Waals surface area contributed by atoms with Crippen molar-refractivity contribution in [1.82, 2.24) is 0 Å². The Kier molecular flexibility index (Phi) is 3.04. The average molecular weight is 261 g/mol. The molecule has 0 aliphatic rings. The fraction of sp³-hybridized carbons (Fsp3) is 0.167. The number of benzene rings is 2. The molecular formula is C12H11N3O4. The highest BCUT2D eigenvalue weighted by Crippen LogP contribution is 2.38. The van der Waals surface area contributed by atoms with Gasteiger partial charge >= 0.3 is 0 Å². The molecule has 0 atom stereocenters. The third kappa shape index (κ3) is 2.05. The summed E-state index contributed by atoms with van der Waals surface area (Å²) < 4.78 is 0. The van der Waals surface area contributed by atoms with Gasteiger partial charge in [-0.15, -0.1) is 0 Å². The van der Waals surface area contributed by atoms with Crippen LogP contribution in [0.1, 0.15) is 0 Å². The lowest BCUT2D eigenvalue weighted by molar-refractivity contribution is -0.390.